The lowest BCUT2D eigenvalue weighted by Gasteiger charge is -2.23. The zero-order valence-electron chi connectivity index (χ0n) is 14.0. The first-order chi connectivity index (χ1) is 12.2. The van der Waals surface area contributed by atoms with Crippen molar-refractivity contribution < 1.29 is 18.9 Å². The van der Waals surface area contributed by atoms with Crippen LogP contribution in [-0.4, -0.2) is 37.9 Å². The number of thiophene rings is 2. The van der Waals surface area contributed by atoms with Crippen LogP contribution in [0.3, 0.4) is 0 Å². The SMILES string of the molecule is Cc1sc(-c2sc(C)c3c2OCC2(CO3)CSSC2)c2c1OCCO2. The summed E-state index contributed by atoms with van der Waals surface area (Å²) in [6.07, 6.45) is 0. The fourth-order valence-corrected chi connectivity index (χ4v) is 8.78. The van der Waals surface area contributed by atoms with Crippen molar-refractivity contribution in [3.05, 3.63) is 9.75 Å². The van der Waals surface area contributed by atoms with E-state index in [2.05, 4.69) is 13.8 Å². The topological polar surface area (TPSA) is 36.9 Å². The van der Waals surface area contributed by atoms with Crippen LogP contribution in [0.25, 0.3) is 9.75 Å². The standard InChI is InChI=1S/C17H18O4S4/c1-9-11-13(19-4-3-18-11)15(24-9)16-14-12(10(2)25-16)20-5-17(6-21-14)7-22-23-8-17/h3-8H2,1-2H3. The summed E-state index contributed by atoms with van der Waals surface area (Å²) in [5.41, 5.74) is 0.125. The molecule has 0 amide bonds. The molecule has 0 N–H and O–H groups in total. The fourth-order valence-electron chi connectivity index (χ4n) is 3.23. The van der Waals surface area contributed by atoms with Crippen molar-refractivity contribution in [1.29, 1.82) is 0 Å². The molecule has 0 aromatic carbocycles. The Morgan fingerprint density at radius 2 is 1.16 bits per heavy atom. The minimum Gasteiger partial charge on any atom is -0.488 e. The van der Waals surface area contributed by atoms with E-state index >= 15 is 0 Å². The van der Waals surface area contributed by atoms with Gasteiger partial charge in [-0.1, -0.05) is 21.6 Å². The molecule has 3 aliphatic heterocycles. The molecule has 1 spiro atoms. The Morgan fingerprint density at radius 1 is 0.680 bits per heavy atom. The molecule has 8 heteroatoms. The van der Waals surface area contributed by atoms with Crippen LogP contribution in [0.4, 0.5) is 0 Å². The summed E-state index contributed by atoms with van der Waals surface area (Å²) in [7, 11) is 3.84. The summed E-state index contributed by atoms with van der Waals surface area (Å²) in [4.78, 5) is 4.54. The van der Waals surface area contributed by atoms with Crippen LogP contribution in [0.15, 0.2) is 0 Å². The second kappa shape index (κ2) is 6.18. The van der Waals surface area contributed by atoms with Crippen molar-refractivity contribution in [2.24, 2.45) is 5.41 Å². The summed E-state index contributed by atoms with van der Waals surface area (Å²) in [5, 5.41) is 0. The van der Waals surface area contributed by atoms with Gasteiger partial charge in [0.15, 0.2) is 23.0 Å². The van der Waals surface area contributed by atoms with E-state index in [4.69, 9.17) is 18.9 Å². The van der Waals surface area contributed by atoms with E-state index in [0.29, 0.717) is 19.8 Å². The molecule has 25 heavy (non-hydrogen) atoms. The minimum absolute atomic E-state index is 0.125. The molecular formula is C17H18O4S4. The lowest BCUT2D eigenvalue weighted by atomic mass is 9.96. The predicted octanol–water partition coefficient (Wildman–Crippen LogP) is 5.02. The molecule has 134 valence electrons. The Morgan fingerprint density at radius 3 is 1.80 bits per heavy atom. The van der Waals surface area contributed by atoms with E-state index < -0.39 is 0 Å². The second-order valence-electron chi connectivity index (χ2n) is 6.59. The van der Waals surface area contributed by atoms with Gasteiger partial charge in [-0.25, -0.2) is 0 Å². The molecule has 2 aromatic rings. The van der Waals surface area contributed by atoms with E-state index in [1.807, 2.05) is 21.6 Å². The van der Waals surface area contributed by atoms with Gasteiger partial charge >= 0.3 is 0 Å². The van der Waals surface area contributed by atoms with Crippen molar-refractivity contribution in [1.82, 2.24) is 0 Å². The monoisotopic (exact) mass is 414 g/mol. The van der Waals surface area contributed by atoms with Crippen LogP contribution in [0.2, 0.25) is 0 Å². The highest BCUT2D eigenvalue weighted by atomic mass is 33.1. The van der Waals surface area contributed by atoms with Crippen molar-refractivity contribution in [3.8, 4) is 32.8 Å². The van der Waals surface area contributed by atoms with Crippen LogP contribution in [-0.2, 0) is 0 Å². The van der Waals surface area contributed by atoms with Gasteiger partial charge in [0.2, 0.25) is 0 Å². The Balaban J connectivity index is 1.57. The molecule has 0 aliphatic carbocycles. The molecule has 0 radical (unpaired) electrons. The van der Waals surface area contributed by atoms with Crippen molar-refractivity contribution in [3.63, 3.8) is 0 Å². The maximum absolute atomic E-state index is 6.36. The van der Waals surface area contributed by atoms with E-state index in [1.165, 1.54) is 0 Å². The molecule has 0 bridgehead atoms. The Bertz CT molecular complexity index is 819. The quantitative estimate of drug-likeness (QED) is 0.610. The zero-order chi connectivity index (χ0) is 17.0. The van der Waals surface area contributed by atoms with Crippen molar-refractivity contribution in [2.75, 3.05) is 37.9 Å². The number of hydrogen-bond acceptors (Lipinski definition) is 8. The van der Waals surface area contributed by atoms with Gasteiger partial charge in [0.05, 0.1) is 28.4 Å². The predicted molar refractivity (Wildman–Crippen MR) is 106 cm³/mol. The van der Waals surface area contributed by atoms with Gasteiger partial charge in [-0.15, -0.1) is 22.7 Å². The first-order valence-electron chi connectivity index (χ1n) is 8.20. The van der Waals surface area contributed by atoms with E-state index in [0.717, 1.165) is 60.6 Å². The normalized spacial score (nSPS) is 20.7. The molecule has 5 heterocycles. The maximum atomic E-state index is 6.36. The van der Waals surface area contributed by atoms with Crippen LogP contribution >= 0.6 is 44.3 Å². The number of fused-ring (bicyclic) bond motifs is 2. The number of rotatable bonds is 1. The number of hydrogen-bond donors (Lipinski definition) is 0. The van der Waals surface area contributed by atoms with Gasteiger partial charge in [-0.05, 0) is 13.8 Å². The Hall–Kier alpha value is -0.700. The molecule has 3 aliphatic rings. The average Bonchev–Trinajstić information content (AvgIpc) is 3.25. The van der Waals surface area contributed by atoms with E-state index in [9.17, 15) is 0 Å². The van der Waals surface area contributed by atoms with Gasteiger partial charge in [0, 0.05) is 21.3 Å². The van der Waals surface area contributed by atoms with Gasteiger partial charge in [-0.2, -0.15) is 0 Å². The van der Waals surface area contributed by atoms with Gasteiger partial charge in [0.1, 0.15) is 13.2 Å². The third-order valence-electron chi connectivity index (χ3n) is 4.62. The van der Waals surface area contributed by atoms with Crippen LogP contribution in [0, 0.1) is 19.3 Å². The number of ether oxygens (including phenoxy) is 4. The molecule has 5 rings (SSSR count). The largest absolute Gasteiger partial charge is 0.488 e. The van der Waals surface area contributed by atoms with Crippen LogP contribution in [0.5, 0.6) is 23.0 Å². The lowest BCUT2D eigenvalue weighted by Crippen LogP contribution is -2.35. The highest BCUT2D eigenvalue weighted by Gasteiger charge is 2.41. The minimum atomic E-state index is 0.125. The smallest absolute Gasteiger partial charge is 0.181 e. The Kier molecular flexibility index (Phi) is 4.07. The molecule has 1 saturated heterocycles. The summed E-state index contributed by atoms with van der Waals surface area (Å²) in [6.45, 7) is 6.85. The van der Waals surface area contributed by atoms with Crippen LogP contribution < -0.4 is 18.9 Å². The van der Waals surface area contributed by atoms with E-state index in [1.54, 1.807) is 22.7 Å². The lowest BCUT2D eigenvalue weighted by molar-refractivity contribution is 0.150. The fraction of sp³-hybridized carbons (Fsp3) is 0.529. The number of aryl methyl sites for hydroxylation is 2. The van der Waals surface area contributed by atoms with Crippen molar-refractivity contribution in [2.45, 2.75) is 13.8 Å². The van der Waals surface area contributed by atoms with Gasteiger partial charge < -0.3 is 18.9 Å². The molecule has 0 atom stereocenters. The third kappa shape index (κ3) is 2.64. The first kappa shape index (κ1) is 16.5. The third-order valence-corrected chi connectivity index (χ3v) is 9.75. The molecule has 0 saturated carbocycles. The zero-order valence-corrected chi connectivity index (χ0v) is 17.3. The average molecular weight is 415 g/mol. The van der Waals surface area contributed by atoms with Crippen LogP contribution in [0.1, 0.15) is 9.75 Å². The molecule has 1 fully saturated rings. The Labute approximate surface area is 162 Å². The molecule has 0 unspecified atom stereocenters. The highest BCUT2D eigenvalue weighted by molar-refractivity contribution is 8.77. The van der Waals surface area contributed by atoms with Gasteiger partial charge in [-0.3, -0.25) is 0 Å². The molecule has 2 aromatic heterocycles. The summed E-state index contributed by atoms with van der Waals surface area (Å²) < 4.78 is 24.4. The molecular weight excluding hydrogens is 396 g/mol. The molecule has 4 nitrogen and oxygen atoms in total. The maximum Gasteiger partial charge on any atom is 0.181 e. The van der Waals surface area contributed by atoms with Gasteiger partial charge in [0.25, 0.3) is 0 Å². The van der Waals surface area contributed by atoms with E-state index in [-0.39, 0.29) is 5.41 Å². The summed E-state index contributed by atoms with van der Waals surface area (Å²) in [6, 6.07) is 0. The summed E-state index contributed by atoms with van der Waals surface area (Å²) in [5.74, 6) is 5.73. The summed E-state index contributed by atoms with van der Waals surface area (Å²) >= 11 is 3.44. The van der Waals surface area contributed by atoms with Crippen molar-refractivity contribution >= 4 is 44.3 Å². The first-order valence-corrected chi connectivity index (χ1v) is 12.3. The highest BCUT2D eigenvalue weighted by Crippen LogP contribution is 2.58. The second-order valence-corrected chi connectivity index (χ2v) is 11.5.